The van der Waals surface area contributed by atoms with Crippen molar-refractivity contribution in [3.05, 3.63) is 35.1 Å². The Labute approximate surface area is 83.7 Å². The summed E-state index contributed by atoms with van der Waals surface area (Å²) >= 11 is 3.37. The molecule has 0 aliphatic carbocycles. The van der Waals surface area contributed by atoms with Gasteiger partial charge in [0.1, 0.15) is 5.69 Å². The van der Waals surface area contributed by atoms with Crippen LogP contribution < -0.4 is 5.73 Å². The van der Waals surface area contributed by atoms with Gasteiger partial charge in [0.25, 0.3) is 0 Å². The van der Waals surface area contributed by atoms with Gasteiger partial charge in [-0.25, -0.2) is 4.98 Å². The van der Waals surface area contributed by atoms with E-state index in [-0.39, 0.29) is 0 Å². The van der Waals surface area contributed by atoms with Crippen molar-refractivity contribution in [2.24, 2.45) is 0 Å². The Morgan fingerprint density at radius 3 is 2.92 bits per heavy atom. The molecule has 2 rings (SSSR count). The fourth-order valence-electron chi connectivity index (χ4n) is 1.05. The van der Waals surface area contributed by atoms with Crippen molar-refractivity contribution in [3.8, 4) is 11.5 Å². The average Bonchev–Trinajstić information content (AvgIpc) is 2.56. The van der Waals surface area contributed by atoms with Crippen molar-refractivity contribution < 1.29 is 4.42 Å². The van der Waals surface area contributed by atoms with Crippen LogP contribution >= 0.6 is 15.9 Å². The van der Waals surface area contributed by atoms with E-state index in [2.05, 4.69) is 20.9 Å². The van der Waals surface area contributed by atoms with E-state index in [4.69, 9.17) is 10.2 Å². The maximum absolute atomic E-state index is 5.56. The standard InChI is InChI=1S/C9H7BrN2O/c10-7-4-6(11)5-12-9(7)8-2-1-3-13-8/h1-5H,11H2. The highest BCUT2D eigenvalue weighted by molar-refractivity contribution is 9.10. The van der Waals surface area contributed by atoms with Crippen LogP contribution in [0.1, 0.15) is 0 Å². The zero-order valence-corrected chi connectivity index (χ0v) is 8.28. The van der Waals surface area contributed by atoms with Crippen LogP contribution in [0, 0.1) is 0 Å². The minimum absolute atomic E-state index is 0.627. The third kappa shape index (κ3) is 1.58. The van der Waals surface area contributed by atoms with Crippen molar-refractivity contribution in [2.75, 3.05) is 5.73 Å². The lowest BCUT2D eigenvalue weighted by molar-refractivity contribution is 0.579. The van der Waals surface area contributed by atoms with Gasteiger partial charge >= 0.3 is 0 Å². The van der Waals surface area contributed by atoms with Crippen LogP contribution in [-0.2, 0) is 0 Å². The number of nitrogens with two attached hydrogens (primary N) is 1. The van der Waals surface area contributed by atoms with Gasteiger partial charge in [-0.15, -0.1) is 0 Å². The summed E-state index contributed by atoms with van der Waals surface area (Å²) in [5, 5.41) is 0. The second-order valence-electron chi connectivity index (χ2n) is 2.58. The largest absolute Gasteiger partial charge is 0.463 e. The molecule has 0 bridgehead atoms. The summed E-state index contributed by atoms with van der Waals surface area (Å²) in [6, 6.07) is 5.47. The van der Waals surface area contributed by atoms with E-state index in [1.165, 1.54) is 0 Å². The summed E-state index contributed by atoms with van der Waals surface area (Å²) in [5.74, 6) is 0.729. The fraction of sp³-hybridized carbons (Fsp3) is 0. The van der Waals surface area contributed by atoms with Crippen molar-refractivity contribution >= 4 is 21.6 Å². The number of anilines is 1. The maximum atomic E-state index is 5.56. The second-order valence-corrected chi connectivity index (χ2v) is 3.43. The topological polar surface area (TPSA) is 52.0 Å². The summed E-state index contributed by atoms with van der Waals surface area (Å²) < 4.78 is 6.04. The summed E-state index contributed by atoms with van der Waals surface area (Å²) in [4.78, 5) is 4.15. The van der Waals surface area contributed by atoms with Gasteiger partial charge in [0, 0.05) is 4.47 Å². The second kappa shape index (κ2) is 3.22. The molecule has 0 aliphatic heterocycles. The molecule has 3 nitrogen and oxygen atoms in total. The van der Waals surface area contributed by atoms with Gasteiger partial charge in [-0.05, 0) is 34.1 Å². The Bertz CT molecular complexity index is 412. The number of hydrogen-bond acceptors (Lipinski definition) is 3. The molecule has 0 saturated heterocycles. The quantitative estimate of drug-likeness (QED) is 0.832. The first-order valence-electron chi connectivity index (χ1n) is 3.72. The Kier molecular flexibility index (Phi) is 2.06. The molecule has 0 amide bonds. The van der Waals surface area contributed by atoms with Gasteiger partial charge in [0.05, 0.1) is 18.1 Å². The fourth-order valence-corrected chi connectivity index (χ4v) is 1.61. The third-order valence-corrected chi connectivity index (χ3v) is 2.22. The molecule has 0 aliphatic rings. The van der Waals surface area contributed by atoms with E-state index in [1.54, 1.807) is 18.5 Å². The molecular formula is C9H7BrN2O. The molecular weight excluding hydrogens is 232 g/mol. The van der Waals surface area contributed by atoms with E-state index < -0.39 is 0 Å². The molecule has 0 aromatic carbocycles. The minimum atomic E-state index is 0.627. The molecule has 0 saturated carbocycles. The van der Waals surface area contributed by atoms with Crippen molar-refractivity contribution in [2.45, 2.75) is 0 Å². The zero-order valence-electron chi connectivity index (χ0n) is 6.70. The molecule has 0 spiro atoms. The first kappa shape index (κ1) is 8.31. The van der Waals surface area contributed by atoms with Crippen molar-refractivity contribution in [1.29, 1.82) is 0 Å². The molecule has 0 radical (unpaired) electrons. The zero-order chi connectivity index (χ0) is 9.26. The molecule has 0 unspecified atom stereocenters. The lowest BCUT2D eigenvalue weighted by Gasteiger charge is -2.00. The van der Waals surface area contributed by atoms with Crippen LogP contribution in [-0.4, -0.2) is 4.98 Å². The van der Waals surface area contributed by atoms with Crippen LogP contribution in [0.3, 0.4) is 0 Å². The summed E-state index contributed by atoms with van der Waals surface area (Å²) in [5.41, 5.74) is 6.95. The minimum Gasteiger partial charge on any atom is -0.463 e. The normalized spacial score (nSPS) is 10.2. The van der Waals surface area contributed by atoms with Gasteiger partial charge in [-0.3, -0.25) is 0 Å². The molecule has 2 aromatic rings. The summed E-state index contributed by atoms with van der Waals surface area (Å²) in [6.45, 7) is 0. The number of rotatable bonds is 1. The number of aromatic nitrogens is 1. The lowest BCUT2D eigenvalue weighted by atomic mass is 10.3. The van der Waals surface area contributed by atoms with Gasteiger partial charge in [-0.2, -0.15) is 0 Å². The highest BCUT2D eigenvalue weighted by atomic mass is 79.9. The van der Waals surface area contributed by atoms with Crippen LogP contribution in [0.2, 0.25) is 0 Å². The van der Waals surface area contributed by atoms with Crippen LogP contribution in [0.15, 0.2) is 39.5 Å². The number of furan rings is 1. The predicted molar refractivity (Wildman–Crippen MR) is 54.1 cm³/mol. The first-order chi connectivity index (χ1) is 6.27. The number of nitrogen functional groups attached to an aromatic ring is 1. The molecule has 66 valence electrons. The van der Waals surface area contributed by atoms with Crippen molar-refractivity contribution in [3.63, 3.8) is 0 Å². The molecule has 0 fully saturated rings. The highest BCUT2D eigenvalue weighted by Crippen LogP contribution is 2.27. The van der Waals surface area contributed by atoms with Crippen LogP contribution in [0.4, 0.5) is 5.69 Å². The van der Waals surface area contributed by atoms with E-state index in [0.717, 1.165) is 15.9 Å². The monoisotopic (exact) mass is 238 g/mol. The third-order valence-electron chi connectivity index (χ3n) is 1.62. The molecule has 0 atom stereocenters. The first-order valence-corrected chi connectivity index (χ1v) is 4.51. The van der Waals surface area contributed by atoms with Gasteiger partial charge < -0.3 is 10.2 Å². The van der Waals surface area contributed by atoms with Gasteiger partial charge in [0.2, 0.25) is 0 Å². The van der Waals surface area contributed by atoms with Gasteiger partial charge in [0.15, 0.2) is 5.76 Å². The number of nitrogens with zero attached hydrogens (tertiary/aromatic N) is 1. The Hall–Kier alpha value is -1.29. The Morgan fingerprint density at radius 2 is 2.31 bits per heavy atom. The van der Waals surface area contributed by atoms with E-state index >= 15 is 0 Å². The Balaban J connectivity index is 2.53. The predicted octanol–water partition coefficient (Wildman–Crippen LogP) is 2.69. The van der Waals surface area contributed by atoms with E-state index in [9.17, 15) is 0 Å². The van der Waals surface area contributed by atoms with E-state index in [0.29, 0.717) is 5.69 Å². The van der Waals surface area contributed by atoms with Gasteiger partial charge in [-0.1, -0.05) is 0 Å². The SMILES string of the molecule is Nc1cnc(-c2ccco2)c(Br)c1. The molecule has 2 N–H and O–H groups in total. The van der Waals surface area contributed by atoms with Crippen LogP contribution in [0.5, 0.6) is 0 Å². The van der Waals surface area contributed by atoms with E-state index in [1.807, 2.05) is 12.1 Å². The molecule has 2 aromatic heterocycles. The van der Waals surface area contributed by atoms with Crippen molar-refractivity contribution in [1.82, 2.24) is 4.98 Å². The Morgan fingerprint density at radius 1 is 1.46 bits per heavy atom. The lowest BCUT2D eigenvalue weighted by Crippen LogP contribution is -1.89. The summed E-state index contributed by atoms with van der Waals surface area (Å²) in [6.07, 6.45) is 3.21. The summed E-state index contributed by atoms with van der Waals surface area (Å²) in [7, 11) is 0. The van der Waals surface area contributed by atoms with Crippen LogP contribution in [0.25, 0.3) is 11.5 Å². The molecule has 4 heteroatoms. The highest BCUT2D eigenvalue weighted by Gasteiger charge is 2.06. The maximum Gasteiger partial charge on any atom is 0.153 e. The number of hydrogen-bond donors (Lipinski definition) is 1. The molecule has 13 heavy (non-hydrogen) atoms. The number of pyridine rings is 1. The average molecular weight is 239 g/mol. The smallest absolute Gasteiger partial charge is 0.153 e. The molecule has 2 heterocycles. The number of halogens is 1.